The first-order chi connectivity index (χ1) is 8.81. The van der Waals surface area contributed by atoms with Crippen LogP contribution in [-0.2, 0) is 0 Å². The van der Waals surface area contributed by atoms with Gasteiger partial charge in [0.1, 0.15) is 5.82 Å². The molecule has 0 atom stereocenters. The number of aromatic nitrogens is 1. The summed E-state index contributed by atoms with van der Waals surface area (Å²) in [6.45, 7) is 5.85. The van der Waals surface area contributed by atoms with Gasteiger partial charge < -0.3 is 15.0 Å². The predicted molar refractivity (Wildman–Crippen MR) is 74.2 cm³/mol. The fraction of sp³-hybridized carbons (Fsp3) is 0.643. The smallest absolute Gasteiger partial charge is 0.214 e. The Hall–Kier alpha value is -1.29. The van der Waals surface area contributed by atoms with Gasteiger partial charge in [-0.05, 0) is 31.9 Å². The largest absolute Gasteiger partial charge is 0.481 e. The molecule has 2 heterocycles. The molecule has 100 valence electrons. The van der Waals surface area contributed by atoms with Gasteiger partial charge in [-0.15, -0.1) is 0 Å². The molecule has 1 aliphatic heterocycles. The maximum Gasteiger partial charge on any atom is 0.214 e. The van der Waals surface area contributed by atoms with E-state index in [4.69, 9.17) is 4.74 Å². The topological polar surface area (TPSA) is 37.4 Å². The Morgan fingerprint density at radius 3 is 2.83 bits per heavy atom. The van der Waals surface area contributed by atoms with Crippen molar-refractivity contribution in [1.82, 2.24) is 9.88 Å². The number of anilines is 1. The lowest BCUT2D eigenvalue weighted by Gasteiger charge is -2.32. The minimum atomic E-state index is 0.540. The zero-order valence-corrected chi connectivity index (χ0v) is 11.4. The second-order valence-corrected chi connectivity index (χ2v) is 4.83. The molecule has 2 rings (SSSR count). The van der Waals surface area contributed by atoms with Crippen molar-refractivity contribution in [3.63, 3.8) is 0 Å². The summed E-state index contributed by atoms with van der Waals surface area (Å²) in [5, 5.41) is 3.50. The Bertz CT molecular complexity index is 362. The summed E-state index contributed by atoms with van der Waals surface area (Å²) in [4.78, 5) is 6.93. The number of methoxy groups -OCH3 is 1. The van der Waals surface area contributed by atoms with Crippen LogP contribution in [0.25, 0.3) is 0 Å². The number of rotatable bonds is 5. The molecule has 4 nitrogen and oxygen atoms in total. The Labute approximate surface area is 109 Å². The lowest BCUT2D eigenvalue weighted by atomic mass is 10.0. The number of ether oxygens (including phenoxy) is 1. The Morgan fingerprint density at radius 1 is 1.39 bits per heavy atom. The molecule has 0 unspecified atom stereocenters. The molecule has 1 N–H and O–H groups in total. The lowest BCUT2D eigenvalue weighted by Crippen LogP contribution is -2.39. The fourth-order valence-electron chi connectivity index (χ4n) is 2.44. The highest BCUT2D eigenvalue weighted by Crippen LogP contribution is 2.17. The molecule has 0 radical (unpaired) electrons. The van der Waals surface area contributed by atoms with Gasteiger partial charge in [-0.2, -0.15) is 4.98 Å². The van der Waals surface area contributed by atoms with Crippen LogP contribution in [0.2, 0.25) is 0 Å². The first-order valence-electron chi connectivity index (χ1n) is 6.81. The van der Waals surface area contributed by atoms with Gasteiger partial charge in [0.05, 0.1) is 7.11 Å². The summed E-state index contributed by atoms with van der Waals surface area (Å²) in [5.74, 6) is 1.59. The number of likely N-dealkylation sites (tertiary alicyclic amines) is 1. The van der Waals surface area contributed by atoms with Crippen molar-refractivity contribution in [3.8, 4) is 5.88 Å². The molecule has 4 heteroatoms. The third kappa shape index (κ3) is 3.60. The molecular weight excluding hydrogens is 226 g/mol. The van der Waals surface area contributed by atoms with Gasteiger partial charge in [0.25, 0.3) is 0 Å². The average molecular weight is 249 g/mol. The molecule has 0 amide bonds. The van der Waals surface area contributed by atoms with E-state index in [2.05, 4.69) is 22.1 Å². The third-order valence-corrected chi connectivity index (χ3v) is 3.41. The molecule has 1 aromatic rings. The van der Waals surface area contributed by atoms with Crippen molar-refractivity contribution in [3.05, 3.63) is 18.2 Å². The highest BCUT2D eigenvalue weighted by molar-refractivity contribution is 5.38. The monoisotopic (exact) mass is 249 g/mol. The Balaban J connectivity index is 1.83. The number of hydrogen-bond acceptors (Lipinski definition) is 4. The number of pyridine rings is 1. The van der Waals surface area contributed by atoms with E-state index >= 15 is 0 Å². The van der Waals surface area contributed by atoms with Crippen LogP contribution in [0.1, 0.15) is 26.2 Å². The molecule has 0 aliphatic carbocycles. The number of piperidine rings is 1. The first kappa shape index (κ1) is 13.1. The van der Waals surface area contributed by atoms with Crippen LogP contribution in [0.3, 0.4) is 0 Å². The van der Waals surface area contributed by atoms with E-state index in [1.807, 2.05) is 18.2 Å². The van der Waals surface area contributed by atoms with Crippen LogP contribution in [0, 0.1) is 0 Å². The summed E-state index contributed by atoms with van der Waals surface area (Å²) < 4.78 is 5.13. The van der Waals surface area contributed by atoms with Crippen LogP contribution in [0.5, 0.6) is 5.88 Å². The van der Waals surface area contributed by atoms with Crippen molar-refractivity contribution >= 4 is 5.82 Å². The lowest BCUT2D eigenvalue weighted by molar-refractivity contribution is 0.219. The normalized spacial score (nSPS) is 17.7. The van der Waals surface area contributed by atoms with Gasteiger partial charge in [0, 0.05) is 25.2 Å². The van der Waals surface area contributed by atoms with E-state index in [0.29, 0.717) is 11.9 Å². The van der Waals surface area contributed by atoms with Crippen molar-refractivity contribution < 1.29 is 4.74 Å². The van der Waals surface area contributed by atoms with Gasteiger partial charge in [-0.3, -0.25) is 0 Å². The highest BCUT2D eigenvalue weighted by atomic mass is 16.5. The van der Waals surface area contributed by atoms with Gasteiger partial charge in [-0.1, -0.05) is 13.0 Å². The Kier molecular flexibility index (Phi) is 4.81. The molecule has 0 saturated carbocycles. The van der Waals surface area contributed by atoms with Crippen molar-refractivity contribution in [2.45, 2.75) is 32.2 Å². The van der Waals surface area contributed by atoms with E-state index in [-0.39, 0.29) is 0 Å². The summed E-state index contributed by atoms with van der Waals surface area (Å²) in [5.41, 5.74) is 0. The number of hydrogen-bond donors (Lipinski definition) is 1. The van der Waals surface area contributed by atoms with Crippen LogP contribution < -0.4 is 10.1 Å². The molecular formula is C14H23N3O. The average Bonchev–Trinajstić information content (AvgIpc) is 2.42. The van der Waals surface area contributed by atoms with Gasteiger partial charge in [0.15, 0.2) is 0 Å². The predicted octanol–water partition coefficient (Wildman–Crippen LogP) is 2.38. The summed E-state index contributed by atoms with van der Waals surface area (Å²) in [6.07, 6.45) is 3.63. The second-order valence-electron chi connectivity index (χ2n) is 4.83. The van der Waals surface area contributed by atoms with Crippen molar-refractivity contribution in [2.75, 3.05) is 32.1 Å². The summed E-state index contributed by atoms with van der Waals surface area (Å²) in [7, 11) is 1.65. The maximum atomic E-state index is 5.13. The fourth-order valence-corrected chi connectivity index (χ4v) is 2.44. The SMILES string of the molecule is CCCN1CCC(Nc2cccc(OC)n2)CC1. The second kappa shape index (κ2) is 6.59. The number of nitrogens with zero attached hydrogens (tertiary/aromatic N) is 2. The Morgan fingerprint density at radius 2 is 2.17 bits per heavy atom. The zero-order valence-electron chi connectivity index (χ0n) is 11.4. The first-order valence-corrected chi connectivity index (χ1v) is 6.81. The van der Waals surface area contributed by atoms with Gasteiger partial charge >= 0.3 is 0 Å². The standard InChI is InChI=1S/C14H23N3O/c1-3-9-17-10-7-12(8-11-17)15-13-5-4-6-14(16-13)18-2/h4-6,12H,3,7-11H2,1-2H3,(H,15,16). The molecule has 1 fully saturated rings. The minimum Gasteiger partial charge on any atom is -0.481 e. The minimum absolute atomic E-state index is 0.540. The highest BCUT2D eigenvalue weighted by Gasteiger charge is 2.18. The van der Waals surface area contributed by atoms with E-state index in [0.717, 1.165) is 5.82 Å². The van der Waals surface area contributed by atoms with Crippen LogP contribution in [-0.4, -0.2) is 42.7 Å². The summed E-state index contributed by atoms with van der Waals surface area (Å²) in [6, 6.07) is 6.38. The van der Waals surface area contributed by atoms with E-state index in [1.54, 1.807) is 7.11 Å². The summed E-state index contributed by atoms with van der Waals surface area (Å²) >= 11 is 0. The molecule has 1 saturated heterocycles. The molecule has 18 heavy (non-hydrogen) atoms. The van der Waals surface area contributed by atoms with Crippen molar-refractivity contribution in [1.29, 1.82) is 0 Å². The van der Waals surface area contributed by atoms with Gasteiger partial charge in [-0.25, -0.2) is 0 Å². The third-order valence-electron chi connectivity index (χ3n) is 3.41. The van der Waals surface area contributed by atoms with E-state index in [9.17, 15) is 0 Å². The zero-order chi connectivity index (χ0) is 12.8. The van der Waals surface area contributed by atoms with E-state index < -0.39 is 0 Å². The van der Waals surface area contributed by atoms with Crippen molar-refractivity contribution in [2.24, 2.45) is 0 Å². The molecule has 1 aromatic heterocycles. The molecule has 1 aliphatic rings. The van der Waals surface area contributed by atoms with Crippen LogP contribution in [0.4, 0.5) is 5.82 Å². The van der Waals surface area contributed by atoms with Gasteiger partial charge in [0.2, 0.25) is 5.88 Å². The molecule has 0 bridgehead atoms. The van der Waals surface area contributed by atoms with Crippen LogP contribution in [0.15, 0.2) is 18.2 Å². The van der Waals surface area contributed by atoms with Crippen LogP contribution >= 0.6 is 0 Å². The quantitative estimate of drug-likeness (QED) is 0.869. The number of nitrogens with one attached hydrogen (secondary N) is 1. The maximum absolute atomic E-state index is 5.13. The van der Waals surface area contributed by atoms with E-state index in [1.165, 1.54) is 38.9 Å². The molecule has 0 spiro atoms. The molecule has 0 aromatic carbocycles.